The van der Waals surface area contributed by atoms with Gasteiger partial charge in [-0.05, 0) is 51.5 Å². The van der Waals surface area contributed by atoms with Crippen molar-refractivity contribution >= 4 is 29.2 Å². The fourth-order valence-electron chi connectivity index (χ4n) is 2.48. The van der Waals surface area contributed by atoms with E-state index >= 15 is 0 Å². The van der Waals surface area contributed by atoms with Crippen molar-refractivity contribution in [1.82, 2.24) is 14.9 Å². The molecular formula is C19H25N3O4. The van der Waals surface area contributed by atoms with Gasteiger partial charge in [0, 0.05) is 12.6 Å². The van der Waals surface area contributed by atoms with E-state index in [1.54, 1.807) is 6.08 Å². The van der Waals surface area contributed by atoms with Crippen LogP contribution in [0.3, 0.4) is 0 Å². The van der Waals surface area contributed by atoms with Gasteiger partial charge in [0.15, 0.2) is 0 Å². The number of rotatable bonds is 5. The second-order valence-corrected chi connectivity index (χ2v) is 6.73. The number of aryl methyl sites for hydroxylation is 1. The number of esters is 1. The van der Waals surface area contributed by atoms with Crippen LogP contribution in [0.5, 0.6) is 0 Å². The van der Waals surface area contributed by atoms with Gasteiger partial charge in [-0.1, -0.05) is 6.07 Å². The Morgan fingerprint density at radius 2 is 2.04 bits per heavy atom. The lowest BCUT2D eigenvalue weighted by molar-refractivity contribution is -0.134. The number of ether oxygens (including phenoxy) is 2. The highest BCUT2D eigenvalue weighted by atomic mass is 16.6. The number of alkyl carbamates (subject to hydrolysis) is 1. The molecule has 1 heterocycles. The van der Waals surface area contributed by atoms with Crippen LogP contribution in [-0.2, 0) is 27.4 Å². The molecule has 0 atom stereocenters. The summed E-state index contributed by atoms with van der Waals surface area (Å²) in [6, 6.07) is 5.71. The molecule has 0 radical (unpaired) electrons. The predicted octanol–water partition coefficient (Wildman–Crippen LogP) is 3.27. The zero-order chi connectivity index (χ0) is 19.3. The van der Waals surface area contributed by atoms with Crippen molar-refractivity contribution in [3.8, 4) is 0 Å². The fraction of sp³-hybridized carbons (Fsp3) is 0.421. The van der Waals surface area contributed by atoms with Gasteiger partial charge in [0.2, 0.25) is 0 Å². The molecule has 2 aromatic rings. The molecule has 7 nitrogen and oxygen atoms in total. The van der Waals surface area contributed by atoms with Crippen molar-refractivity contribution in [3.05, 3.63) is 35.7 Å². The number of carbonyl (C=O) groups is 2. The van der Waals surface area contributed by atoms with E-state index in [1.807, 2.05) is 50.5 Å². The van der Waals surface area contributed by atoms with Crippen LogP contribution < -0.4 is 5.32 Å². The lowest BCUT2D eigenvalue weighted by Crippen LogP contribution is -2.32. The molecule has 7 heteroatoms. The molecule has 0 aliphatic carbocycles. The highest BCUT2D eigenvalue weighted by Crippen LogP contribution is 2.19. The number of aromatic nitrogens is 2. The Hall–Kier alpha value is -2.83. The van der Waals surface area contributed by atoms with E-state index in [1.165, 1.54) is 13.2 Å². The third-order valence-corrected chi connectivity index (χ3v) is 3.57. The molecule has 0 unspecified atom stereocenters. The minimum Gasteiger partial charge on any atom is -0.466 e. The van der Waals surface area contributed by atoms with Gasteiger partial charge < -0.3 is 19.4 Å². The molecule has 2 rings (SSSR count). The maximum absolute atomic E-state index is 11.9. The molecule has 26 heavy (non-hydrogen) atoms. The van der Waals surface area contributed by atoms with Crippen molar-refractivity contribution in [1.29, 1.82) is 0 Å². The van der Waals surface area contributed by atoms with Crippen molar-refractivity contribution < 1.29 is 19.1 Å². The second kappa shape index (κ2) is 8.03. The quantitative estimate of drug-likeness (QED) is 0.654. The number of nitrogens with one attached hydrogen (secondary N) is 1. The molecule has 1 N–H and O–H groups in total. The molecule has 0 fully saturated rings. The lowest BCUT2D eigenvalue weighted by atomic mass is 10.2. The first-order valence-electron chi connectivity index (χ1n) is 8.45. The van der Waals surface area contributed by atoms with Crippen molar-refractivity contribution in [3.63, 3.8) is 0 Å². The SMILES string of the molecule is CCn1c(CNC(=O)OC(C)(C)C)nc2ccc(C=CC(=O)OC)cc21. The van der Waals surface area contributed by atoms with Crippen molar-refractivity contribution in [2.45, 2.75) is 46.4 Å². The summed E-state index contributed by atoms with van der Waals surface area (Å²) >= 11 is 0. The monoisotopic (exact) mass is 359 g/mol. The van der Waals surface area contributed by atoms with Gasteiger partial charge in [-0.3, -0.25) is 0 Å². The molecule has 1 aromatic carbocycles. The van der Waals surface area contributed by atoms with E-state index in [2.05, 4.69) is 15.0 Å². The molecule has 140 valence electrons. The molecule has 0 spiro atoms. The van der Waals surface area contributed by atoms with Gasteiger partial charge in [0.05, 0.1) is 24.7 Å². The molecule has 0 aliphatic rings. The first-order valence-corrected chi connectivity index (χ1v) is 8.45. The maximum atomic E-state index is 11.9. The molecule has 0 saturated carbocycles. The summed E-state index contributed by atoms with van der Waals surface area (Å²) in [5, 5.41) is 2.73. The van der Waals surface area contributed by atoms with Gasteiger partial charge in [-0.25, -0.2) is 14.6 Å². The molecule has 1 amide bonds. The van der Waals surface area contributed by atoms with Crippen LogP contribution in [0.2, 0.25) is 0 Å². The molecule has 0 saturated heterocycles. The van der Waals surface area contributed by atoms with Gasteiger partial charge in [0.1, 0.15) is 11.4 Å². The number of hydrogen-bond acceptors (Lipinski definition) is 5. The highest BCUT2D eigenvalue weighted by Gasteiger charge is 2.17. The van der Waals surface area contributed by atoms with Crippen LogP contribution in [0.15, 0.2) is 24.3 Å². The van der Waals surface area contributed by atoms with Gasteiger partial charge >= 0.3 is 12.1 Å². The smallest absolute Gasteiger partial charge is 0.408 e. The Kier molecular flexibility index (Phi) is 6.02. The number of benzene rings is 1. The summed E-state index contributed by atoms with van der Waals surface area (Å²) in [7, 11) is 1.34. The topological polar surface area (TPSA) is 82.5 Å². The number of nitrogens with zero attached hydrogens (tertiary/aromatic N) is 2. The minimum atomic E-state index is -0.546. The summed E-state index contributed by atoms with van der Waals surface area (Å²) in [5.74, 6) is 0.332. The van der Waals surface area contributed by atoms with Crippen molar-refractivity contribution in [2.24, 2.45) is 0 Å². The highest BCUT2D eigenvalue weighted by molar-refractivity contribution is 5.88. The van der Waals surface area contributed by atoms with E-state index in [0.717, 1.165) is 22.4 Å². The van der Waals surface area contributed by atoms with E-state index in [0.29, 0.717) is 6.54 Å². The van der Waals surface area contributed by atoms with Crippen LogP contribution >= 0.6 is 0 Å². The zero-order valence-corrected chi connectivity index (χ0v) is 15.8. The summed E-state index contributed by atoms with van der Waals surface area (Å²) in [6.07, 6.45) is 2.59. The third kappa shape index (κ3) is 5.08. The molecule has 0 aliphatic heterocycles. The number of hydrogen-bond donors (Lipinski definition) is 1. The molecule has 1 aromatic heterocycles. The van der Waals surface area contributed by atoms with E-state index in [4.69, 9.17) is 4.74 Å². The summed E-state index contributed by atoms with van der Waals surface area (Å²) in [6.45, 7) is 8.43. The first kappa shape index (κ1) is 19.5. The van der Waals surface area contributed by atoms with Crippen LogP contribution in [0, 0.1) is 0 Å². The average molecular weight is 359 g/mol. The summed E-state index contributed by atoms with van der Waals surface area (Å²) < 4.78 is 11.9. The van der Waals surface area contributed by atoms with Gasteiger partial charge in [-0.15, -0.1) is 0 Å². The lowest BCUT2D eigenvalue weighted by Gasteiger charge is -2.19. The number of imidazole rings is 1. The van der Waals surface area contributed by atoms with E-state index < -0.39 is 17.7 Å². The Morgan fingerprint density at radius 3 is 2.65 bits per heavy atom. The first-order chi connectivity index (χ1) is 12.2. The Balaban J connectivity index is 2.22. The number of carbonyl (C=O) groups excluding carboxylic acids is 2. The van der Waals surface area contributed by atoms with Crippen LogP contribution in [0.4, 0.5) is 4.79 Å². The number of methoxy groups -OCH3 is 1. The standard InChI is InChI=1S/C19H25N3O4/c1-6-22-15-11-13(8-10-17(23)25-5)7-9-14(15)21-16(22)12-20-18(24)26-19(2,3)4/h7-11H,6,12H2,1-5H3,(H,20,24). The normalized spacial score (nSPS) is 11.7. The van der Waals surface area contributed by atoms with Gasteiger partial charge in [-0.2, -0.15) is 0 Å². The van der Waals surface area contributed by atoms with Crippen LogP contribution in [-0.4, -0.2) is 34.3 Å². The Bertz CT molecular complexity index is 831. The Morgan fingerprint density at radius 1 is 1.31 bits per heavy atom. The van der Waals surface area contributed by atoms with Crippen LogP contribution in [0.25, 0.3) is 17.1 Å². The maximum Gasteiger partial charge on any atom is 0.408 e. The molecule has 0 bridgehead atoms. The second-order valence-electron chi connectivity index (χ2n) is 6.73. The van der Waals surface area contributed by atoms with Crippen LogP contribution in [0.1, 0.15) is 39.1 Å². The Labute approximate surface area is 153 Å². The van der Waals surface area contributed by atoms with Gasteiger partial charge in [0.25, 0.3) is 0 Å². The average Bonchev–Trinajstić information content (AvgIpc) is 2.93. The summed E-state index contributed by atoms with van der Waals surface area (Å²) in [5.41, 5.74) is 2.07. The largest absolute Gasteiger partial charge is 0.466 e. The summed E-state index contributed by atoms with van der Waals surface area (Å²) in [4.78, 5) is 27.7. The zero-order valence-electron chi connectivity index (χ0n) is 15.8. The van der Waals surface area contributed by atoms with Crippen molar-refractivity contribution in [2.75, 3.05) is 7.11 Å². The number of amides is 1. The fourth-order valence-corrected chi connectivity index (χ4v) is 2.48. The number of fused-ring (bicyclic) bond motifs is 1. The third-order valence-electron chi connectivity index (χ3n) is 3.57. The van der Waals surface area contributed by atoms with E-state index in [-0.39, 0.29) is 6.54 Å². The van der Waals surface area contributed by atoms with E-state index in [9.17, 15) is 9.59 Å². The predicted molar refractivity (Wildman–Crippen MR) is 99.5 cm³/mol. The minimum absolute atomic E-state index is 0.269. The molecular weight excluding hydrogens is 334 g/mol.